The van der Waals surface area contributed by atoms with Crippen LogP contribution in [0.1, 0.15) is 72.3 Å². The van der Waals surface area contributed by atoms with Gasteiger partial charge in [0.25, 0.3) is 5.91 Å². The van der Waals surface area contributed by atoms with Gasteiger partial charge in [-0.05, 0) is 78.3 Å². The van der Waals surface area contributed by atoms with Crippen molar-refractivity contribution in [1.82, 2.24) is 14.5 Å². The van der Waals surface area contributed by atoms with Crippen LogP contribution in [0.3, 0.4) is 0 Å². The Morgan fingerprint density at radius 1 is 0.958 bits per heavy atom. The van der Waals surface area contributed by atoms with E-state index < -0.39 is 50.2 Å². The SMILES string of the molecule is CCCN(CCC)C(=O)c1cccc(S(=O)(=O)N(CCc2cc(F)cc(F)c2)C[C@H](O)CN[C@H]2CS(=O)(=O)Cc3ccc(CC)cc32)c1. The summed E-state index contributed by atoms with van der Waals surface area (Å²) in [6.07, 6.45) is 0.909. The van der Waals surface area contributed by atoms with E-state index in [9.17, 15) is 35.5 Å². The molecular weight excluding hydrogens is 661 g/mol. The lowest BCUT2D eigenvalue weighted by atomic mass is 9.98. The summed E-state index contributed by atoms with van der Waals surface area (Å²) >= 11 is 0. The van der Waals surface area contributed by atoms with Crippen LogP contribution in [0.15, 0.2) is 65.6 Å². The number of hydrogen-bond acceptors (Lipinski definition) is 7. The Morgan fingerprint density at radius 2 is 1.65 bits per heavy atom. The molecular formula is C35H45F2N3O6S2. The molecule has 1 amide bonds. The molecule has 1 aliphatic rings. The van der Waals surface area contributed by atoms with Gasteiger partial charge in [0.2, 0.25) is 10.0 Å². The number of nitrogens with one attached hydrogen (secondary N) is 1. The molecule has 3 aromatic rings. The lowest BCUT2D eigenvalue weighted by molar-refractivity contribution is 0.0755. The first-order valence-electron chi connectivity index (χ1n) is 16.3. The Morgan fingerprint density at radius 3 is 2.29 bits per heavy atom. The monoisotopic (exact) mass is 705 g/mol. The summed E-state index contributed by atoms with van der Waals surface area (Å²) in [5.41, 5.74) is 2.99. The van der Waals surface area contributed by atoms with Crippen LogP contribution in [-0.2, 0) is 38.5 Å². The third kappa shape index (κ3) is 9.69. The van der Waals surface area contributed by atoms with E-state index in [-0.39, 0.29) is 52.9 Å². The zero-order valence-electron chi connectivity index (χ0n) is 27.7. The van der Waals surface area contributed by atoms with E-state index in [2.05, 4.69) is 5.32 Å². The first kappa shape index (κ1) is 37.6. The first-order valence-corrected chi connectivity index (χ1v) is 19.6. The number of fused-ring (bicyclic) bond motifs is 1. The minimum atomic E-state index is -4.32. The third-order valence-electron chi connectivity index (χ3n) is 8.37. The summed E-state index contributed by atoms with van der Waals surface area (Å²) in [6.45, 7) is 6.19. The zero-order chi connectivity index (χ0) is 35.1. The van der Waals surface area contributed by atoms with Gasteiger partial charge in [-0.2, -0.15) is 4.31 Å². The molecule has 0 aliphatic carbocycles. The molecule has 9 nitrogen and oxygen atoms in total. The summed E-state index contributed by atoms with van der Waals surface area (Å²) in [6, 6.07) is 13.7. The summed E-state index contributed by atoms with van der Waals surface area (Å²) in [7, 11) is -7.73. The Balaban J connectivity index is 1.59. The molecule has 13 heteroatoms. The van der Waals surface area contributed by atoms with Crippen molar-refractivity contribution in [2.45, 2.75) is 69.2 Å². The molecule has 1 heterocycles. The molecule has 3 aromatic carbocycles. The van der Waals surface area contributed by atoms with Crippen LogP contribution in [-0.4, -0.2) is 81.6 Å². The van der Waals surface area contributed by atoms with Gasteiger partial charge >= 0.3 is 0 Å². The molecule has 1 aliphatic heterocycles. The van der Waals surface area contributed by atoms with Gasteiger partial charge in [0, 0.05) is 50.4 Å². The summed E-state index contributed by atoms with van der Waals surface area (Å²) < 4.78 is 82.4. The van der Waals surface area contributed by atoms with Gasteiger partial charge in [-0.1, -0.05) is 45.0 Å². The third-order valence-corrected chi connectivity index (χ3v) is 11.8. The van der Waals surface area contributed by atoms with Crippen LogP contribution in [0.4, 0.5) is 8.78 Å². The minimum Gasteiger partial charge on any atom is -0.390 e. The van der Waals surface area contributed by atoms with Gasteiger partial charge < -0.3 is 15.3 Å². The highest BCUT2D eigenvalue weighted by Gasteiger charge is 2.32. The maximum absolute atomic E-state index is 14.1. The Hall–Kier alpha value is -3.23. The Labute approximate surface area is 282 Å². The van der Waals surface area contributed by atoms with Crippen LogP contribution in [0, 0.1) is 11.6 Å². The van der Waals surface area contributed by atoms with Gasteiger partial charge in [0.1, 0.15) is 11.6 Å². The molecule has 2 N–H and O–H groups in total. The minimum absolute atomic E-state index is 0.0541. The number of aliphatic hydroxyl groups is 1. The number of rotatable bonds is 16. The lowest BCUT2D eigenvalue weighted by Gasteiger charge is -2.29. The number of nitrogens with zero attached hydrogens (tertiary/aromatic N) is 2. The number of aryl methyl sites for hydroxylation is 1. The maximum atomic E-state index is 14.1. The topological polar surface area (TPSA) is 124 Å². The van der Waals surface area contributed by atoms with Gasteiger partial charge in [-0.25, -0.2) is 25.6 Å². The van der Waals surface area contributed by atoms with E-state index in [0.29, 0.717) is 18.7 Å². The zero-order valence-corrected chi connectivity index (χ0v) is 29.3. The second-order valence-electron chi connectivity index (χ2n) is 12.3. The predicted molar refractivity (Wildman–Crippen MR) is 182 cm³/mol. The highest BCUT2D eigenvalue weighted by molar-refractivity contribution is 7.90. The first-order chi connectivity index (χ1) is 22.8. The van der Waals surface area contributed by atoms with E-state index in [1.54, 1.807) is 11.0 Å². The van der Waals surface area contributed by atoms with Gasteiger partial charge in [0.15, 0.2) is 9.84 Å². The van der Waals surface area contributed by atoms with E-state index in [4.69, 9.17) is 0 Å². The fourth-order valence-corrected chi connectivity index (χ4v) is 9.19. The summed E-state index contributed by atoms with van der Waals surface area (Å²) in [5, 5.41) is 14.3. The van der Waals surface area contributed by atoms with Crippen LogP contribution in [0.25, 0.3) is 0 Å². The molecule has 48 heavy (non-hydrogen) atoms. The maximum Gasteiger partial charge on any atom is 0.253 e. The molecule has 4 rings (SSSR count). The number of aliphatic hydroxyl groups excluding tert-OH is 1. The molecule has 0 radical (unpaired) electrons. The fourth-order valence-electron chi connectivity index (χ4n) is 6.00. The Bertz CT molecular complexity index is 1780. The van der Waals surface area contributed by atoms with Crippen LogP contribution < -0.4 is 5.32 Å². The Kier molecular flexibility index (Phi) is 12.9. The molecule has 0 bridgehead atoms. The highest BCUT2D eigenvalue weighted by atomic mass is 32.2. The van der Waals surface area contributed by atoms with E-state index >= 15 is 0 Å². The predicted octanol–water partition coefficient (Wildman–Crippen LogP) is 4.64. The quantitative estimate of drug-likeness (QED) is 0.223. The average Bonchev–Trinajstić information content (AvgIpc) is 3.04. The number of benzene rings is 3. The van der Waals surface area contributed by atoms with Gasteiger partial charge in [0.05, 0.1) is 22.5 Å². The second kappa shape index (κ2) is 16.4. The molecule has 0 unspecified atom stereocenters. The van der Waals surface area contributed by atoms with E-state index in [0.717, 1.165) is 52.9 Å². The number of carbonyl (C=O) groups excluding carboxylic acids is 1. The van der Waals surface area contributed by atoms with Crippen LogP contribution >= 0.6 is 0 Å². The lowest BCUT2D eigenvalue weighted by Crippen LogP contribution is -2.44. The second-order valence-corrected chi connectivity index (χ2v) is 16.3. The number of halogens is 2. The number of sulfone groups is 1. The normalized spacial score (nSPS) is 16.4. The van der Waals surface area contributed by atoms with E-state index in [1.165, 1.54) is 18.2 Å². The van der Waals surface area contributed by atoms with Crippen molar-refractivity contribution in [3.05, 3.63) is 100 Å². The number of hydrogen-bond donors (Lipinski definition) is 2. The average molecular weight is 706 g/mol. The molecule has 262 valence electrons. The van der Waals surface area contributed by atoms with E-state index in [1.807, 2.05) is 39.0 Å². The largest absolute Gasteiger partial charge is 0.390 e. The summed E-state index contributed by atoms with van der Waals surface area (Å²) in [5.74, 6) is -2.13. The highest BCUT2D eigenvalue weighted by Crippen LogP contribution is 2.29. The molecule has 0 aromatic heterocycles. The van der Waals surface area contributed by atoms with Crippen LogP contribution in [0.2, 0.25) is 0 Å². The van der Waals surface area contributed by atoms with Crippen molar-refractivity contribution >= 4 is 25.8 Å². The van der Waals surface area contributed by atoms with Gasteiger partial charge in [-0.15, -0.1) is 0 Å². The molecule has 0 spiro atoms. The summed E-state index contributed by atoms with van der Waals surface area (Å²) in [4.78, 5) is 14.8. The number of sulfonamides is 1. The molecule has 0 saturated heterocycles. The van der Waals surface area contributed by atoms with Crippen molar-refractivity contribution in [3.63, 3.8) is 0 Å². The standard InChI is InChI=1S/C35H45F2N3O6S2/c1-4-13-39(14-5-2)35(42)27-8-7-9-32(19-27)48(45,46)40(15-12-26-16-29(36)20-30(37)17-26)22-31(41)21-38-34-24-47(43,44)23-28-11-10-25(6-3)18-33(28)34/h7-11,16-20,31,34,38,41H,4-6,12-15,21-24H2,1-3H3/t31-,34+/m1/s1. The van der Waals surface area contributed by atoms with Crippen LogP contribution in [0.5, 0.6) is 0 Å². The van der Waals surface area contributed by atoms with Crippen molar-refractivity contribution in [2.24, 2.45) is 0 Å². The van der Waals surface area contributed by atoms with Crippen molar-refractivity contribution < 1.29 is 35.5 Å². The van der Waals surface area contributed by atoms with Crippen molar-refractivity contribution in [3.8, 4) is 0 Å². The molecule has 0 saturated carbocycles. The molecule has 2 atom stereocenters. The van der Waals surface area contributed by atoms with Gasteiger partial charge in [-0.3, -0.25) is 4.79 Å². The van der Waals surface area contributed by atoms with Crippen molar-refractivity contribution in [2.75, 3.05) is 38.5 Å². The smallest absolute Gasteiger partial charge is 0.253 e. The number of amides is 1. The fraction of sp³-hybridized carbons (Fsp3) is 0.457. The molecule has 0 fully saturated rings. The van der Waals surface area contributed by atoms with Crippen molar-refractivity contribution in [1.29, 1.82) is 0 Å². The number of carbonyl (C=O) groups is 1.